The van der Waals surface area contributed by atoms with Crippen LogP contribution in [0.2, 0.25) is 0 Å². The van der Waals surface area contributed by atoms with Gasteiger partial charge in [-0.2, -0.15) is 4.98 Å². The molecule has 0 atom stereocenters. The fourth-order valence-electron chi connectivity index (χ4n) is 2.16. The normalized spacial score (nSPS) is 10.5. The molecule has 0 amide bonds. The molecule has 0 saturated carbocycles. The maximum atomic E-state index is 11.0. The van der Waals surface area contributed by atoms with Crippen molar-refractivity contribution < 1.29 is 19.2 Å². The molecule has 1 N–H and O–H groups in total. The first-order chi connectivity index (χ1) is 11.7. The number of aromatic carboxylic acids is 1. The maximum absolute atomic E-state index is 11.0. The van der Waals surface area contributed by atoms with E-state index in [9.17, 15) is 4.79 Å². The van der Waals surface area contributed by atoms with Crippen molar-refractivity contribution in [2.24, 2.45) is 0 Å². The molecule has 2 aromatic carbocycles. The molecule has 0 spiro atoms. The lowest BCUT2D eigenvalue weighted by Crippen LogP contribution is -1.95. The molecule has 122 valence electrons. The van der Waals surface area contributed by atoms with Gasteiger partial charge in [-0.15, -0.1) is 0 Å². The number of rotatable bonds is 6. The van der Waals surface area contributed by atoms with E-state index in [0.29, 0.717) is 18.0 Å². The van der Waals surface area contributed by atoms with Gasteiger partial charge < -0.3 is 14.4 Å². The molecule has 6 heteroatoms. The quantitative estimate of drug-likeness (QED) is 0.740. The average Bonchev–Trinajstić information content (AvgIpc) is 3.10. The van der Waals surface area contributed by atoms with Gasteiger partial charge in [-0.3, -0.25) is 0 Å². The summed E-state index contributed by atoms with van der Waals surface area (Å²) in [6.07, 6.45) is 0.950. The van der Waals surface area contributed by atoms with E-state index in [2.05, 4.69) is 17.1 Å². The number of carboxylic acid groups (broad SMARTS) is 1. The molecule has 0 unspecified atom stereocenters. The van der Waals surface area contributed by atoms with Crippen LogP contribution in [0.4, 0.5) is 0 Å². The predicted molar refractivity (Wildman–Crippen MR) is 87.9 cm³/mol. The van der Waals surface area contributed by atoms with Crippen LogP contribution in [0, 0.1) is 0 Å². The summed E-state index contributed by atoms with van der Waals surface area (Å²) in [6.45, 7) is 2.72. The summed E-state index contributed by atoms with van der Waals surface area (Å²) in [5, 5.41) is 13.0. The molecule has 0 radical (unpaired) electrons. The topological polar surface area (TPSA) is 85.5 Å². The molecule has 1 heterocycles. The SMILES string of the molecule is CCCOc1ccc(-c2noc(-c3cccc(C(=O)O)c3)n2)cc1. The Morgan fingerprint density at radius 2 is 1.96 bits per heavy atom. The van der Waals surface area contributed by atoms with Gasteiger partial charge in [0.25, 0.3) is 5.89 Å². The Labute approximate surface area is 138 Å². The zero-order chi connectivity index (χ0) is 16.9. The van der Waals surface area contributed by atoms with Crippen LogP contribution in [0.15, 0.2) is 53.1 Å². The number of carbonyl (C=O) groups is 1. The molecular formula is C18H16N2O4. The second-order valence-electron chi connectivity index (χ2n) is 5.18. The van der Waals surface area contributed by atoms with E-state index in [4.69, 9.17) is 14.4 Å². The molecule has 6 nitrogen and oxygen atoms in total. The largest absolute Gasteiger partial charge is 0.494 e. The third-order valence-electron chi connectivity index (χ3n) is 3.37. The lowest BCUT2D eigenvalue weighted by Gasteiger charge is -2.03. The number of ether oxygens (including phenoxy) is 1. The predicted octanol–water partition coefficient (Wildman–Crippen LogP) is 3.89. The molecule has 0 aliphatic carbocycles. The van der Waals surface area contributed by atoms with Crippen LogP contribution in [0.1, 0.15) is 23.7 Å². The maximum Gasteiger partial charge on any atom is 0.335 e. The fraction of sp³-hybridized carbons (Fsp3) is 0.167. The second-order valence-corrected chi connectivity index (χ2v) is 5.18. The van der Waals surface area contributed by atoms with E-state index in [1.165, 1.54) is 12.1 Å². The number of nitrogens with zero attached hydrogens (tertiary/aromatic N) is 2. The zero-order valence-corrected chi connectivity index (χ0v) is 13.1. The van der Waals surface area contributed by atoms with Crippen LogP contribution in [-0.2, 0) is 0 Å². The summed E-state index contributed by atoms with van der Waals surface area (Å²) in [6, 6.07) is 13.8. The molecule has 0 fully saturated rings. The Morgan fingerprint density at radius 3 is 2.67 bits per heavy atom. The van der Waals surface area contributed by atoms with E-state index in [-0.39, 0.29) is 11.5 Å². The first-order valence-corrected chi connectivity index (χ1v) is 7.58. The zero-order valence-electron chi connectivity index (χ0n) is 13.1. The van der Waals surface area contributed by atoms with E-state index < -0.39 is 5.97 Å². The van der Waals surface area contributed by atoms with Crippen LogP contribution in [0.25, 0.3) is 22.8 Å². The fourth-order valence-corrected chi connectivity index (χ4v) is 2.16. The van der Waals surface area contributed by atoms with E-state index in [1.807, 2.05) is 24.3 Å². The van der Waals surface area contributed by atoms with Crippen LogP contribution < -0.4 is 4.74 Å². The highest BCUT2D eigenvalue weighted by molar-refractivity contribution is 5.89. The van der Waals surface area contributed by atoms with Gasteiger partial charge in [-0.1, -0.05) is 18.1 Å². The van der Waals surface area contributed by atoms with Crippen LogP contribution in [0.5, 0.6) is 5.75 Å². The van der Waals surface area contributed by atoms with Gasteiger partial charge in [-0.05, 0) is 48.9 Å². The van der Waals surface area contributed by atoms with Gasteiger partial charge >= 0.3 is 5.97 Å². The molecular weight excluding hydrogens is 308 g/mol. The molecule has 0 bridgehead atoms. The van der Waals surface area contributed by atoms with Crippen LogP contribution >= 0.6 is 0 Å². The Balaban J connectivity index is 1.82. The van der Waals surface area contributed by atoms with E-state index in [1.54, 1.807) is 12.1 Å². The number of benzene rings is 2. The van der Waals surface area contributed by atoms with Gasteiger partial charge in [0.15, 0.2) is 0 Å². The molecule has 3 rings (SSSR count). The third kappa shape index (κ3) is 3.43. The van der Waals surface area contributed by atoms with E-state index >= 15 is 0 Å². The Kier molecular flexibility index (Phi) is 4.56. The lowest BCUT2D eigenvalue weighted by molar-refractivity contribution is 0.0697. The smallest absolute Gasteiger partial charge is 0.335 e. The Bertz CT molecular complexity index is 840. The van der Waals surface area contributed by atoms with Crippen molar-refractivity contribution >= 4 is 5.97 Å². The van der Waals surface area contributed by atoms with Gasteiger partial charge in [0.2, 0.25) is 5.82 Å². The summed E-state index contributed by atoms with van der Waals surface area (Å²) < 4.78 is 10.8. The van der Waals surface area contributed by atoms with Crippen molar-refractivity contribution in [2.75, 3.05) is 6.61 Å². The summed E-state index contributed by atoms with van der Waals surface area (Å²) in [7, 11) is 0. The van der Waals surface area contributed by atoms with Gasteiger partial charge in [0.05, 0.1) is 12.2 Å². The van der Waals surface area contributed by atoms with Crippen molar-refractivity contribution in [1.82, 2.24) is 10.1 Å². The van der Waals surface area contributed by atoms with Crippen molar-refractivity contribution in [3.05, 3.63) is 54.1 Å². The summed E-state index contributed by atoms with van der Waals surface area (Å²) in [4.78, 5) is 15.4. The van der Waals surface area contributed by atoms with E-state index in [0.717, 1.165) is 17.7 Å². The minimum absolute atomic E-state index is 0.171. The standard InChI is InChI=1S/C18H16N2O4/c1-2-10-23-15-8-6-12(7-9-15)16-19-17(24-20-16)13-4-3-5-14(11-13)18(21)22/h3-9,11H,2,10H2,1H3,(H,21,22). The molecule has 0 aliphatic heterocycles. The molecule has 1 aromatic heterocycles. The number of carboxylic acids is 1. The number of hydrogen-bond donors (Lipinski definition) is 1. The molecule has 3 aromatic rings. The monoisotopic (exact) mass is 324 g/mol. The highest BCUT2D eigenvalue weighted by Crippen LogP contribution is 2.24. The Morgan fingerprint density at radius 1 is 1.17 bits per heavy atom. The minimum Gasteiger partial charge on any atom is -0.494 e. The molecule has 0 saturated heterocycles. The lowest BCUT2D eigenvalue weighted by atomic mass is 10.1. The molecule has 24 heavy (non-hydrogen) atoms. The van der Waals surface area contributed by atoms with Crippen molar-refractivity contribution in [3.63, 3.8) is 0 Å². The van der Waals surface area contributed by atoms with Crippen molar-refractivity contribution in [1.29, 1.82) is 0 Å². The highest BCUT2D eigenvalue weighted by atomic mass is 16.5. The Hall–Kier alpha value is -3.15. The first kappa shape index (κ1) is 15.7. The summed E-state index contributed by atoms with van der Waals surface area (Å²) in [5.41, 5.74) is 1.53. The van der Waals surface area contributed by atoms with Crippen molar-refractivity contribution in [2.45, 2.75) is 13.3 Å². The van der Waals surface area contributed by atoms with Gasteiger partial charge in [-0.25, -0.2) is 4.79 Å². The van der Waals surface area contributed by atoms with Crippen LogP contribution in [-0.4, -0.2) is 27.8 Å². The summed E-state index contributed by atoms with van der Waals surface area (Å²) in [5.74, 6) is 0.505. The number of hydrogen-bond acceptors (Lipinski definition) is 5. The van der Waals surface area contributed by atoms with Crippen LogP contribution in [0.3, 0.4) is 0 Å². The first-order valence-electron chi connectivity index (χ1n) is 7.58. The van der Waals surface area contributed by atoms with Crippen molar-refractivity contribution in [3.8, 4) is 28.6 Å². The molecule has 0 aliphatic rings. The number of aromatic nitrogens is 2. The second kappa shape index (κ2) is 6.95. The van der Waals surface area contributed by atoms with Gasteiger partial charge in [0, 0.05) is 11.1 Å². The highest BCUT2D eigenvalue weighted by Gasteiger charge is 2.12. The van der Waals surface area contributed by atoms with Gasteiger partial charge in [0.1, 0.15) is 5.75 Å². The third-order valence-corrected chi connectivity index (χ3v) is 3.37. The average molecular weight is 324 g/mol. The minimum atomic E-state index is -1.00. The summed E-state index contributed by atoms with van der Waals surface area (Å²) >= 11 is 0.